The van der Waals surface area contributed by atoms with Gasteiger partial charge in [-0.15, -0.1) is 0 Å². The zero-order valence-electron chi connectivity index (χ0n) is 11.1. The number of rotatable bonds is 4. The molecule has 1 aliphatic rings. The standard InChI is InChI=1S/C15H21NOS/c1-11(17)12-6-8-13(9-7-12)16-14-4-3-5-15(10-14)18-2/h6-9,14-16H,3-5,10H2,1-2H3. The Labute approximate surface area is 114 Å². The Bertz CT molecular complexity index is 401. The monoisotopic (exact) mass is 263 g/mol. The predicted octanol–water partition coefficient (Wildman–Crippen LogP) is 3.98. The van der Waals surface area contributed by atoms with Crippen molar-refractivity contribution in [1.29, 1.82) is 0 Å². The van der Waals surface area contributed by atoms with Crippen LogP contribution in [0.5, 0.6) is 0 Å². The normalized spacial score (nSPS) is 23.7. The van der Waals surface area contributed by atoms with Crippen LogP contribution in [0, 0.1) is 0 Å². The van der Waals surface area contributed by atoms with Crippen LogP contribution in [0.2, 0.25) is 0 Å². The highest BCUT2D eigenvalue weighted by molar-refractivity contribution is 7.99. The summed E-state index contributed by atoms with van der Waals surface area (Å²) in [7, 11) is 0. The number of carbonyl (C=O) groups excluding carboxylic acids is 1. The lowest BCUT2D eigenvalue weighted by Crippen LogP contribution is -2.28. The maximum absolute atomic E-state index is 11.2. The van der Waals surface area contributed by atoms with Crippen molar-refractivity contribution < 1.29 is 4.79 Å². The molecule has 2 nitrogen and oxygen atoms in total. The minimum Gasteiger partial charge on any atom is -0.382 e. The number of hydrogen-bond acceptors (Lipinski definition) is 3. The summed E-state index contributed by atoms with van der Waals surface area (Å²) in [4.78, 5) is 11.2. The van der Waals surface area contributed by atoms with Crippen molar-refractivity contribution in [1.82, 2.24) is 0 Å². The Kier molecular flexibility index (Phi) is 4.70. The van der Waals surface area contributed by atoms with E-state index in [4.69, 9.17) is 0 Å². The molecule has 0 saturated heterocycles. The third-order valence-electron chi connectivity index (χ3n) is 3.62. The lowest BCUT2D eigenvalue weighted by atomic mass is 9.94. The molecule has 1 aromatic rings. The SMILES string of the molecule is CSC1CCCC(Nc2ccc(C(C)=O)cc2)C1. The summed E-state index contributed by atoms with van der Waals surface area (Å²) < 4.78 is 0. The molecule has 18 heavy (non-hydrogen) atoms. The first-order valence-electron chi connectivity index (χ1n) is 6.59. The summed E-state index contributed by atoms with van der Waals surface area (Å²) in [5, 5.41) is 4.39. The van der Waals surface area contributed by atoms with Crippen molar-refractivity contribution >= 4 is 23.2 Å². The number of hydrogen-bond donors (Lipinski definition) is 1. The molecule has 2 unspecified atom stereocenters. The maximum Gasteiger partial charge on any atom is 0.159 e. The van der Waals surface area contributed by atoms with E-state index in [0.717, 1.165) is 16.5 Å². The Morgan fingerprint density at radius 2 is 2.00 bits per heavy atom. The molecular weight excluding hydrogens is 242 g/mol. The molecule has 2 atom stereocenters. The molecular formula is C15H21NOS. The molecule has 3 heteroatoms. The van der Waals surface area contributed by atoms with Gasteiger partial charge in [-0.1, -0.05) is 6.42 Å². The van der Waals surface area contributed by atoms with Crippen LogP contribution in [0.25, 0.3) is 0 Å². The largest absolute Gasteiger partial charge is 0.382 e. The Morgan fingerprint density at radius 3 is 2.61 bits per heavy atom. The number of ketones is 1. The summed E-state index contributed by atoms with van der Waals surface area (Å²) >= 11 is 1.98. The van der Waals surface area contributed by atoms with E-state index in [2.05, 4.69) is 11.6 Å². The van der Waals surface area contributed by atoms with Crippen LogP contribution >= 0.6 is 11.8 Å². The van der Waals surface area contributed by atoms with E-state index in [-0.39, 0.29) is 5.78 Å². The minimum absolute atomic E-state index is 0.127. The van der Waals surface area contributed by atoms with Gasteiger partial charge in [-0.3, -0.25) is 4.79 Å². The zero-order valence-corrected chi connectivity index (χ0v) is 11.9. The molecule has 0 aliphatic heterocycles. The van der Waals surface area contributed by atoms with E-state index in [9.17, 15) is 4.79 Å². The van der Waals surface area contributed by atoms with Crippen LogP contribution in [0.1, 0.15) is 43.0 Å². The van der Waals surface area contributed by atoms with E-state index < -0.39 is 0 Å². The van der Waals surface area contributed by atoms with Gasteiger partial charge < -0.3 is 5.32 Å². The van der Waals surface area contributed by atoms with Gasteiger partial charge in [-0.2, -0.15) is 11.8 Å². The van der Waals surface area contributed by atoms with Gasteiger partial charge in [-0.05, 0) is 56.7 Å². The maximum atomic E-state index is 11.2. The van der Waals surface area contributed by atoms with Gasteiger partial charge in [0, 0.05) is 22.5 Å². The van der Waals surface area contributed by atoms with E-state index in [1.807, 2.05) is 36.0 Å². The first-order chi connectivity index (χ1) is 8.69. The minimum atomic E-state index is 0.127. The molecule has 1 aliphatic carbocycles. The first kappa shape index (κ1) is 13.5. The Morgan fingerprint density at radius 1 is 1.28 bits per heavy atom. The first-order valence-corrected chi connectivity index (χ1v) is 7.88. The third kappa shape index (κ3) is 3.52. The fraction of sp³-hybridized carbons (Fsp3) is 0.533. The highest BCUT2D eigenvalue weighted by Gasteiger charge is 2.20. The third-order valence-corrected chi connectivity index (χ3v) is 4.72. The summed E-state index contributed by atoms with van der Waals surface area (Å²) in [6.45, 7) is 1.60. The molecule has 98 valence electrons. The van der Waals surface area contributed by atoms with E-state index >= 15 is 0 Å². The fourth-order valence-electron chi connectivity index (χ4n) is 2.53. The average molecular weight is 263 g/mol. The molecule has 1 fully saturated rings. The number of Topliss-reactive ketones (excluding diaryl/α,β-unsaturated/α-hetero) is 1. The molecule has 2 rings (SSSR count). The topological polar surface area (TPSA) is 29.1 Å². The van der Waals surface area contributed by atoms with Gasteiger partial charge in [-0.25, -0.2) is 0 Å². The second-order valence-electron chi connectivity index (χ2n) is 5.00. The van der Waals surface area contributed by atoms with Crippen LogP contribution < -0.4 is 5.32 Å². The summed E-state index contributed by atoms with van der Waals surface area (Å²) in [6, 6.07) is 8.41. The summed E-state index contributed by atoms with van der Waals surface area (Å²) in [6.07, 6.45) is 7.37. The molecule has 0 heterocycles. The molecule has 0 radical (unpaired) electrons. The molecule has 1 N–H and O–H groups in total. The smallest absolute Gasteiger partial charge is 0.159 e. The lowest BCUT2D eigenvalue weighted by Gasteiger charge is -2.29. The van der Waals surface area contributed by atoms with Gasteiger partial charge in [0.05, 0.1) is 0 Å². The lowest BCUT2D eigenvalue weighted by molar-refractivity contribution is 0.101. The summed E-state index contributed by atoms with van der Waals surface area (Å²) in [5.41, 5.74) is 1.91. The Balaban J connectivity index is 1.94. The van der Waals surface area contributed by atoms with E-state index in [1.165, 1.54) is 25.7 Å². The number of nitrogens with one attached hydrogen (secondary N) is 1. The number of benzene rings is 1. The average Bonchev–Trinajstić information content (AvgIpc) is 2.39. The van der Waals surface area contributed by atoms with Crippen molar-refractivity contribution in [3.8, 4) is 0 Å². The van der Waals surface area contributed by atoms with Crippen molar-refractivity contribution in [3.63, 3.8) is 0 Å². The van der Waals surface area contributed by atoms with Crippen molar-refractivity contribution in [2.24, 2.45) is 0 Å². The highest BCUT2D eigenvalue weighted by Crippen LogP contribution is 2.28. The number of carbonyl (C=O) groups is 1. The summed E-state index contributed by atoms with van der Waals surface area (Å²) in [5.74, 6) is 0.127. The zero-order chi connectivity index (χ0) is 13.0. The molecule has 1 saturated carbocycles. The molecule has 0 bridgehead atoms. The van der Waals surface area contributed by atoms with Crippen LogP contribution in [0.4, 0.5) is 5.69 Å². The van der Waals surface area contributed by atoms with Crippen molar-refractivity contribution in [2.45, 2.75) is 43.9 Å². The molecule has 0 spiro atoms. The van der Waals surface area contributed by atoms with Gasteiger partial charge >= 0.3 is 0 Å². The Hall–Kier alpha value is -0.960. The number of thioether (sulfide) groups is 1. The molecule has 0 amide bonds. The van der Waals surface area contributed by atoms with Gasteiger partial charge in [0.15, 0.2) is 5.78 Å². The van der Waals surface area contributed by atoms with Gasteiger partial charge in [0.2, 0.25) is 0 Å². The predicted molar refractivity (Wildman–Crippen MR) is 79.6 cm³/mol. The van der Waals surface area contributed by atoms with Crippen LogP contribution in [0.3, 0.4) is 0 Å². The quantitative estimate of drug-likeness (QED) is 0.833. The second-order valence-corrected chi connectivity index (χ2v) is 6.14. The van der Waals surface area contributed by atoms with Crippen molar-refractivity contribution in [3.05, 3.63) is 29.8 Å². The molecule has 0 aromatic heterocycles. The molecule has 1 aromatic carbocycles. The van der Waals surface area contributed by atoms with Crippen LogP contribution in [0.15, 0.2) is 24.3 Å². The van der Waals surface area contributed by atoms with Crippen LogP contribution in [-0.2, 0) is 0 Å². The highest BCUT2D eigenvalue weighted by atomic mass is 32.2. The van der Waals surface area contributed by atoms with E-state index in [0.29, 0.717) is 6.04 Å². The van der Waals surface area contributed by atoms with Crippen molar-refractivity contribution in [2.75, 3.05) is 11.6 Å². The van der Waals surface area contributed by atoms with E-state index in [1.54, 1.807) is 6.92 Å². The fourth-order valence-corrected chi connectivity index (χ4v) is 3.35. The second kappa shape index (κ2) is 6.28. The number of anilines is 1. The van der Waals surface area contributed by atoms with Gasteiger partial charge in [0.25, 0.3) is 0 Å². The van der Waals surface area contributed by atoms with Gasteiger partial charge in [0.1, 0.15) is 0 Å². The van der Waals surface area contributed by atoms with Crippen LogP contribution in [-0.4, -0.2) is 23.3 Å².